The molecule has 186 valence electrons. The number of amides is 1. The molecule has 2 N–H and O–H groups in total. The highest BCUT2D eigenvalue weighted by atomic mass is 79.9. The summed E-state index contributed by atoms with van der Waals surface area (Å²) >= 11 is 3.48. The number of anilines is 1. The number of nitrogens with one attached hydrogen (secondary N) is 2. The molecule has 7 nitrogen and oxygen atoms in total. The van der Waals surface area contributed by atoms with Gasteiger partial charge in [0.05, 0.1) is 28.9 Å². The van der Waals surface area contributed by atoms with Crippen molar-refractivity contribution in [2.24, 2.45) is 5.92 Å². The van der Waals surface area contributed by atoms with Gasteiger partial charge in [-0.3, -0.25) is 0 Å². The number of hydrogen-bond acceptors (Lipinski definition) is 6. The van der Waals surface area contributed by atoms with Gasteiger partial charge in [0.25, 0.3) is 0 Å². The van der Waals surface area contributed by atoms with E-state index in [1.807, 2.05) is 6.07 Å². The number of nitriles is 1. The van der Waals surface area contributed by atoms with Crippen LogP contribution in [0.3, 0.4) is 0 Å². The number of benzene rings is 1. The molecule has 1 aromatic rings. The topological polar surface area (TPSA) is 100 Å². The van der Waals surface area contributed by atoms with Crippen LogP contribution in [0.4, 0.5) is 23.7 Å². The molecular formula is C24H23BrF3N3O4. The van der Waals surface area contributed by atoms with E-state index in [4.69, 9.17) is 9.47 Å². The molecule has 0 radical (unpaired) electrons. The summed E-state index contributed by atoms with van der Waals surface area (Å²) in [5.74, 6) is -1.28. The summed E-state index contributed by atoms with van der Waals surface area (Å²) in [5, 5.41) is 14.7. The highest BCUT2D eigenvalue weighted by Crippen LogP contribution is 2.35. The maximum absolute atomic E-state index is 13.2. The van der Waals surface area contributed by atoms with E-state index >= 15 is 0 Å². The number of carbonyl (C=O) groups is 2. The fourth-order valence-corrected chi connectivity index (χ4v) is 4.37. The van der Waals surface area contributed by atoms with Crippen LogP contribution in [0.1, 0.15) is 26.3 Å². The molecule has 35 heavy (non-hydrogen) atoms. The lowest BCUT2D eigenvalue weighted by atomic mass is 9.85. The molecule has 0 bridgehead atoms. The number of rotatable bonds is 5. The molecule has 1 aliphatic carbocycles. The van der Waals surface area contributed by atoms with Crippen molar-refractivity contribution >= 4 is 33.7 Å². The van der Waals surface area contributed by atoms with Gasteiger partial charge in [-0.15, -0.1) is 0 Å². The first-order valence-electron chi connectivity index (χ1n) is 10.6. The van der Waals surface area contributed by atoms with Crippen molar-refractivity contribution in [3.8, 4) is 6.07 Å². The molecule has 0 saturated heterocycles. The van der Waals surface area contributed by atoms with Crippen molar-refractivity contribution in [3.05, 3.63) is 64.9 Å². The van der Waals surface area contributed by atoms with E-state index in [9.17, 15) is 28.0 Å². The zero-order chi connectivity index (χ0) is 26.0. The van der Waals surface area contributed by atoms with Crippen LogP contribution in [-0.4, -0.2) is 35.1 Å². The maximum atomic E-state index is 13.2. The molecule has 11 heteroatoms. The monoisotopic (exact) mass is 553 g/mol. The number of alkyl halides is 4. The minimum absolute atomic E-state index is 0.0428. The molecule has 1 amide bonds. The smallest absolute Gasteiger partial charge is 0.416 e. The van der Waals surface area contributed by atoms with E-state index in [1.165, 1.54) is 12.1 Å². The van der Waals surface area contributed by atoms with Gasteiger partial charge in [0.2, 0.25) is 0 Å². The Labute approximate surface area is 208 Å². The fraction of sp³-hybridized carbons (Fsp3) is 0.375. The van der Waals surface area contributed by atoms with Gasteiger partial charge in [0.15, 0.2) is 0 Å². The second-order valence-electron chi connectivity index (χ2n) is 8.91. The summed E-state index contributed by atoms with van der Waals surface area (Å²) in [7, 11) is 0. The standard InChI is InChI=1S/C24H23BrF3N3O4/c1-23(2,3)35-22(33)31-20(16-8-7-13(11-29)9-17(16)25)19-18(12-34-21(19)32)30-15-6-4-5-14(10-15)24(26,27)28/h4-10,16-17,20,30H,12H2,1-3H3,(H,31,33)/t16?,17?,20-/m1/s1. The third kappa shape index (κ3) is 6.66. The number of esters is 1. The fourth-order valence-electron chi connectivity index (χ4n) is 3.61. The molecule has 0 spiro atoms. The lowest BCUT2D eigenvalue weighted by Gasteiger charge is -2.31. The molecule has 2 aliphatic rings. The molecule has 3 rings (SSSR count). The molecule has 1 aliphatic heterocycles. The van der Waals surface area contributed by atoms with Crippen molar-refractivity contribution in [1.29, 1.82) is 5.26 Å². The zero-order valence-corrected chi connectivity index (χ0v) is 20.7. The Balaban J connectivity index is 2.01. The predicted octanol–water partition coefficient (Wildman–Crippen LogP) is 5.22. The van der Waals surface area contributed by atoms with E-state index in [0.717, 1.165) is 12.1 Å². The number of nitrogens with zero attached hydrogens (tertiary/aromatic N) is 1. The third-order valence-corrected chi connectivity index (χ3v) is 5.95. The minimum Gasteiger partial charge on any atom is -0.456 e. The van der Waals surface area contributed by atoms with Crippen LogP contribution in [0.25, 0.3) is 0 Å². The van der Waals surface area contributed by atoms with Crippen LogP contribution in [0.15, 0.2) is 59.3 Å². The van der Waals surface area contributed by atoms with Crippen LogP contribution in [0.5, 0.6) is 0 Å². The number of alkyl carbamates (subject to hydrolysis) is 1. The number of halogens is 4. The first-order chi connectivity index (χ1) is 16.3. The molecule has 0 saturated carbocycles. The second kappa shape index (κ2) is 10.2. The van der Waals surface area contributed by atoms with Gasteiger partial charge in [-0.1, -0.05) is 34.1 Å². The van der Waals surface area contributed by atoms with Crippen molar-refractivity contribution in [2.75, 3.05) is 11.9 Å². The number of ether oxygens (including phenoxy) is 2. The summed E-state index contributed by atoms with van der Waals surface area (Å²) < 4.78 is 50.0. The molecule has 3 atom stereocenters. The van der Waals surface area contributed by atoms with E-state index in [0.29, 0.717) is 5.57 Å². The van der Waals surface area contributed by atoms with Crippen LogP contribution in [0, 0.1) is 17.2 Å². The lowest BCUT2D eigenvalue weighted by molar-refractivity contribution is -0.138. The Kier molecular flexibility index (Phi) is 7.65. The molecule has 2 unspecified atom stereocenters. The average molecular weight is 554 g/mol. The first-order valence-corrected chi connectivity index (χ1v) is 11.5. The summed E-state index contributed by atoms with van der Waals surface area (Å²) in [6, 6.07) is 5.57. The Hall–Kier alpha value is -3.26. The Bertz CT molecular complexity index is 1150. The molecule has 0 fully saturated rings. The summed E-state index contributed by atoms with van der Waals surface area (Å²) in [5.41, 5.74) is -0.933. The van der Waals surface area contributed by atoms with Crippen LogP contribution in [-0.2, 0) is 20.4 Å². The summed E-state index contributed by atoms with van der Waals surface area (Å²) in [4.78, 5) is 25.0. The summed E-state index contributed by atoms with van der Waals surface area (Å²) in [6.07, 6.45) is -0.474. The van der Waals surface area contributed by atoms with Gasteiger partial charge >= 0.3 is 18.2 Å². The van der Waals surface area contributed by atoms with Crippen molar-refractivity contribution in [2.45, 2.75) is 43.4 Å². The quantitative estimate of drug-likeness (QED) is 0.383. The van der Waals surface area contributed by atoms with E-state index in [1.54, 1.807) is 39.0 Å². The molecular weight excluding hydrogens is 531 g/mol. The largest absolute Gasteiger partial charge is 0.456 e. The van der Waals surface area contributed by atoms with E-state index in [-0.39, 0.29) is 23.6 Å². The minimum atomic E-state index is -4.54. The van der Waals surface area contributed by atoms with Crippen LogP contribution >= 0.6 is 15.9 Å². The highest BCUT2D eigenvalue weighted by molar-refractivity contribution is 9.09. The van der Waals surface area contributed by atoms with Crippen molar-refractivity contribution < 1.29 is 32.2 Å². The summed E-state index contributed by atoms with van der Waals surface area (Å²) in [6.45, 7) is 4.82. The Morgan fingerprint density at radius 2 is 2.03 bits per heavy atom. The second-order valence-corrected chi connectivity index (χ2v) is 9.97. The Morgan fingerprint density at radius 3 is 2.63 bits per heavy atom. The van der Waals surface area contributed by atoms with Crippen LogP contribution in [0.2, 0.25) is 0 Å². The van der Waals surface area contributed by atoms with Gasteiger partial charge < -0.3 is 20.1 Å². The van der Waals surface area contributed by atoms with Gasteiger partial charge in [0, 0.05) is 22.0 Å². The first kappa shape index (κ1) is 26.3. The predicted molar refractivity (Wildman–Crippen MR) is 125 cm³/mol. The van der Waals surface area contributed by atoms with Gasteiger partial charge in [-0.2, -0.15) is 18.4 Å². The van der Waals surface area contributed by atoms with Gasteiger partial charge in [-0.25, -0.2) is 9.59 Å². The molecule has 1 heterocycles. The van der Waals surface area contributed by atoms with Gasteiger partial charge in [0.1, 0.15) is 12.2 Å². The van der Waals surface area contributed by atoms with Crippen molar-refractivity contribution in [1.82, 2.24) is 5.32 Å². The highest BCUT2D eigenvalue weighted by Gasteiger charge is 2.40. The normalized spacial score (nSPS) is 21.1. The number of hydrogen-bond donors (Lipinski definition) is 2. The van der Waals surface area contributed by atoms with E-state index in [2.05, 4.69) is 26.6 Å². The van der Waals surface area contributed by atoms with E-state index < -0.39 is 46.2 Å². The zero-order valence-electron chi connectivity index (χ0n) is 19.1. The number of cyclic esters (lactones) is 1. The lowest BCUT2D eigenvalue weighted by Crippen LogP contribution is -2.47. The average Bonchev–Trinajstić information content (AvgIpc) is 3.10. The maximum Gasteiger partial charge on any atom is 0.416 e. The third-order valence-electron chi connectivity index (χ3n) is 5.08. The van der Waals surface area contributed by atoms with Crippen molar-refractivity contribution in [3.63, 3.8) is 0 Å². The van der Waals surface area contributed by atoms with Gasteiger partial charge in [-0.05, 0) is 45.0 Å². The molecule has 1 aromatic carbocycles. The molecule has 0 aromatic heterocycles. The van der Waals surface area contributed by atoms with Crippen LogP contribution < -0.4 is 10.6 Å². The SMILES string of the molecule is CC(C)(C)OC(=O)N[C@@H](C1=C(Nc2cccc(C(F)(F)F)c2)COC1=O)C1C=CC(C#N)=CC1Br. The Morgan fingerprint density at radius 1 is 1.31 bits per heavy atom. The number of carbonyl (C=O) groups excluding carboxylic acids is 2. The number of allylic oxidation sites excluding steroid dienone is 3.